The summed E-state index contributed by atoms with van der Waals surface area (Å²) in [5.74, 6) is -1.10. The average Bonchev–Trinajstić information content (AvgIpc) is 3.16. The number of rotatable bonds is 8. The molecule has 0 aliphatic heterocycles. The van der Waals surface area contributed by atoms with Crippen LogP contribution in [0.5, 0.6) is 0 Å². The number of carboxylic acid groups (broad SMARTS) is 1. The minimum atomic E-state index is -3.64. The summed E-state index contributed by atoms with van der Waals surface area (Å²) in [6.45, 7) is 5.61. The molecule has 2 rings (SSSR count). The first-order chi connectivity index (χ1) is 9.85. The number of hydrogen-bond donors (Lipinski definition) is 2. The number of aryl methyl sites for hydroxylation is 1. The number of thiophene rings is 1. The molecule has 0 aromatic carbocycles. The van der Waals surface area contributed by atoms with Gasteiger partial charge in [0.15, 0.2) is 0 Å². The Balaban J connectivity index is 1.99. The van der Waals surface area contributed by atoms with Crippen LogP contribution in [0, 0.1) is 6.92 Å². The number of carboxylic acids is 1. The molecule has 0 spiro atoms. The molecule has 21 heavy (non-hydrogen) atoms. The Bertz CT molecular complexity index is 620. The number of nitrogens with zero attached hydrogens (tertiary/aromatic N) is 1. The highest BCUT2D eigenvalue weighted by atomic mass is 32.2. The van der Waals surface area contributed by atoms with Gasteiger partial charge in [0, 0.05) is 24.0 Å². The van der Waals surface area contributed by atoms with Crippen LogP contribution in [0.4, 0.5) is 0 Å². The molecule has 1 aromatic heterocycles. The lowest BCUT2D eigenvalue weighted by Gasteiger charge is -2.19. The number of nitrogens with one attached hydrogen (secondary N) is 1. The summed E-state index contributed by atoms with van der Waals surface area (Å²) in [5.41, 5.74) is 0. The fourth-order valence-electron chi connectivity index (χ4n) is 2.28. The van der Waals surface area contributed by atoms with Gasteiger partial charge in [0.1, 0.15) is 4.88 Å². The Hall–Kier alpha value is -0.960. The van der Waals surface area contributed by atoms with E-state index in [2.05, 4.69) is 16.5 Å². The highest BCUT2D eigenvalue weighted by molar-refractivity contribution is 7.89. The summed E-state index contributed by atoms with van der Waals surface area (Å²) in [4.78, 5) is 13.8. The summed E-state index contributed by atoms with van der Waals surface area (Å²) in [7, 11) is -3.64. The zero-order chi connectivity index (χ0) is 15.6. The number of aromatic carboxylic acids is 1. The van der Waals surface area contributed by atoms with Crippen LogP contribution in [0.3, 0.4) is 0 Å². The molecule has 1 heterocycles. The van der Waals surface area contributed by atoms with Crippen molar-refractivity contribution in [3.8, 4) is 0 Å². The van der Waals surface area contributed by atoms with E-state index in [0.717, 1.165) is 17.9 Å². The minimum absolute atomic E-state index is 0.0426. The summed E-state index contributed by atoms with van der Waals surface area (Å²) in [5, 5.41) is 8.93. The van der Waals surface area contributed by atoms with Crippen LogP contribution in [0.2, 0.25) is 0 Å². The molecule has 1 aromatic rings. The number of carbonyl (C=O) groups is 1. The van der Waals surface area contributed by atoms with Gasteiger partial charge >= 0.3 is 5.97 Å². The van der Waals surface area contributed by atoms with Crippen LogP contribution in [0.1, 0.15) is 34.3 Å². The summed E-state index contributed by atoms with van der Waals surface area (Å²) in [6.07, 6.45) is 2.37. The third-order valence-electron chi connectivity index (χ3n) is 3.53. The van der Waals surface area contributed by atoms with Crippen molar-refractivity contribution >= 4 is 27.3 Å². The molecule has 118 valence electrons. The summed E-state index contributed by atoms with van der Waals surface area (Å²) >= 11 is 0.979. The topological polar surface area (TPSA) is 86.7 Å². The Kier molecular flexibility index (Phi) is 5.03. The zero-order valence-electron chi connectivity index (χ0n) is 12.1. The number of hydrogen-bond acceptors (Lipinski definition) is 5. The van der Waals surface area contributed by atoms with Crippen molar-refractivity contribution in [2.45, 2.75) is 37.6 Å². The lowest BCUT2D eigenvalue weighted by Crippen LogP contribution is -2.36. The van der Waals surface area contributed by atoms with E-state index in [4.69, 9.17) is 5.11 Å². The van der Waals surface area contributed by atoms with Crippen LogP contribution in [0.25, 0.3) is 0 Å². The molecule has 6 nitrogen and oxygen atoms in total. The number of likely N-dealkylation sites (N-methyl/N-ethyl adjacent to an activating group) is 1. The molecule has 0 amide bonds. The van der Waals surface area contributed by atoms with Crippen molar-refractivity contribution in [2.75, 3.05) is 19.6 Å². The fourth-order valence-corrected chi connectivity index (χ4v) is 4.73. The first-order valence-electron chi connectivity index (χ1n) is 6.92. The van der Waals surface area contributed by atoms with Gasteiger partial charge in [-0.15, -0.1) is 11.3 Å². The molecule has 0 unspecified atom stereocenters. The van der Waals surface area contributed by atoms with Gasteiger partial charge in [-0.25, -0.2) is 17.9 Å². The standard InChI is InChI=1S/C13H20N2O4S2/c1-3-15(10-4-5-10)7-6-14-21(18,19)12-8-11(13(16)17)20-9(12)2/h8,10,14H,3-7H2,1-2H3,(H,16,17). The molecule has 1 saturated carbocycles. The minimum Gasteiger partial charge on any atom is -0.477 e. The third-order valence-corrected chi connectivity index (χ3v) is 6.29. The van der Waals surface area contributed by atoms with Crippen molar-refractivity contribution in [2.24, 2.45) is 0 Å². The highest BCUT2D eigenvalue weighted by Gasteiger charge is 2.28. The fraction of sp³-hybridized carbons (Fsp3) is 0.615. The monoisotopic (exact) mass is 332 g/mol. The Labute approximate surface area is 128 Å². The second kappa shape index (κ2) is 6.43. The van der Waals surface area contributed by atoms with E-state index < -0.39 is 16.0 Å². The van der Waals surface area contributed by atoms with Crippen LogP contribution < -0.4 is 4.72 Å². The second-order valence-corrected chi connectivity index (χ2v) is 8.09. The van der Waals surface area contributed by atoms with Crippen LogP contribution in [0.15, 0.2) is 11.0 Å². The van der Waals surface area contributed by atoms with Gasteiger partial charge in [-0.2, -0.15) is 0 Å². The summed E-state index contributed by atoms with van der Waals surface area (Å²) in [6, 6.07) is 1.82. The van der Waals surface area contributed by atoms with Gasteiger partial charge in [-0.1, -0.05) is 6.92 Å². The second-order valence-electron chi connectivity index (χ2n) is 5.09. The smallest absolute Gasteiger partial charge is 0.345 e. The largest absolute Gasteiger partial charge is 0.477 e. The molecule has 0 atom stereocenters. The maximum atomic E-state index is 12.2. The molecule has 2 N–H and O–H groups in total. The van der Waals surface area contributed by atoms with Gasteiger partial charge in [-0.05, 0) is 32.4 Å². The molecule has 1 fully saturated rings. The number of sulfonamides is 1. The molecule has 0 radical (unpaired) electrons. The van der Waals surface area contributed by atoms with Crippen molar-refractivity contribution in [1.82, 2.24) is 9.62 Å². The SMILES string of the molecule is CCN(CCNS(=O)(=O)c1cc(C(=O)O)sc1C)C1CC1. The van der Waals surface area contributed by atoms with Crippen molar-refractivity contribution in [3.63, 3.8) is 0 Å². The van der Waals surface area contributed by atoms with Gasteiger partial charge in [0.25, 0.3) is 0 Å². The molecule has 1 aliphatic carbocycles. The van der Waals surface area contributed by atoms with E-state index in [9.17, 15) is 13.2 Å². The molecule has 1 aliphatic rings. The van der Waals surface area contributed by atoms with Crippen molar-refractivity contribution < 1.29 is 18.3 Å². The van der Waals surface area contributed by atoms with E-state index >= 15 is 0 Å². The van der Waals surface area contributed by atoms with E-state index in [1.165, 1.54) is 18.9 Å². The Morgan fingerprint density at radius 2 is 2.19 bits per heavy atom. The van der Waals surface area contributed by atoms with Gasteiger partial charge in [-0.3, -0.25) is 4.90 Å². The zero-order valence-corrected chi connectivity index (χ0v) is 13.8. The molecular formula is C13H20N2O4S2. The molecule has 0 saturated heterocycles. The predicted molar refractivity (Wildman–Crippen MR) is 81.5 cm³/mol. The highest BCUT2D eigenvalue weighted by Crippen LogP contribution is 2.27. The molecule has 0 bridgehead atoms. The maximum absolute atomic E-state index is 12.2. The van der Waals surface area contributed by atoms with Crippen molar-refractivity contribution in [1.29, 1.82) is 0 Å². The van der Waals surface area contributed by atoms with Crippen LogP contribution >= 0.6 is 11.3 Å². The van der Waals surface area contributed by atoms with Crippen LogP contribution in [-0.4, -0.2) is 50.1 Å². The Morgan fingerprint density at radius 3 is 2.67 bits per heavy atom. The van der Waals surface area contributed by atoms with E-state index in [1.54, 1.807) is 6.92 Å². The maximum Gasteiger partial charge on any atom is 0.345 e. The molecule has 8 heteroatoms. The third kappa shape index (κ3) is 4.03. The normalized spacial score (nSPS) is 15.6. The molecular weight excluding hydrogens is 312 g/mol. The van der Waals surface area contributed by atoms with Gasteiger partial charge < -0.3 is 5.11 Å². The first kappa shape index (κ1) is 16.4. The quantitative estimate of drug-likeness (QED) is 0.754. The van der Waals surface area contributed by atoms with Crippen LogP contribution in [-0.2, 0) is 10.0 Å². The van der Waals surface area contributed by atoms with E-state index in [0.29, 0.717) is 24.0 Å². The van der Waals surface area contributed by atoms with Crippen molar-refractivity contribution in [3.05, 3.63) is 15.8 Å². The van der Waals surface area contributed by atoms with E-state index in [-0.39, 0.29) is 9.77 Å². The van der Waals surface area contributed by atoms with Gasteiger partial charge in [0.05, 0.1) is 4.90 Å². The Morgan fingerprint density at radius 1 is 1.52 bits per heavy atom. The lowest BCUT2D eigenvalue weighted by molar-refractivity contribution is 0.0702. The average molecular weight is 332 g/mol. The summed E-state index contributed by atoms with van der Waals surface area (Å²) < 4.78 is 27.0. The lowest BCUT2D eigenvalue weighted by atomic mass is 10.4. The van der Waals surface area contributed by atoms with E-state index in [1.807, 2.05) is 0 Å². The van der Waals surface area contributed by atoms with Gasteiger partial charge in [0.2, 0.25) is 10.0 Å². The first-order valence-corrected chi connectivity index (χ1v) is 9.22. The predicted octanol–water partition coefficient (Wildman–Crippen LogP) is 1.52.